The molecule has 1 atom stereocenters. The van der Waals surface area contributed by atoms with Crippen LogP contribution in [0.5, 0.6) is 5.75 Å². The first-order valence-electron chi connectivity index (χ1n) is 12.8. The van der Waals surface area contributed by atoms with Crippen LogP contribution in [0.15, 0.2) is 59.4 Å². The number of hydrogen-bond donors (Lipinski definition) is 1. The molecule has 0 amide bonds. The Morgan fingerprint density at radius 3 is 2.58 bits per heavy atom. The molecule has 1 aliphatic carbocycles. The number of nitrogens with zero attached hydrogens (tertiary/aromatic N) is 5. The molecule has 1 N–H and O–H groups in total. The molecule has 8 heteroatoms. The van der Waals surface area contributed by atoms with Gasteiger partial charge in [0.2, 0.25) is 0 Å². The van der Waals surface area contributed by atoms with E-state index < -0.39 is 0 Å². The number of methoxy groups -OCH3 is 1. The van der Waals surface area contributed by atoms with Gasteiger partial charge in [0.15, 0.2) is 5.82 Å². The molecule has 0 radical (unpaired) electrons. The van der Waals surface area contributed by atoms with E-state index in [1.54, 1.807) is 7.11 Å². The quantitative estimate of drug-likeness (QED) is 0.357. The van der Waals surface area contributed by atoms with Crippen LogP contribution in [0.25, 0.3) is 10.9 Å². The van der Waals surface area contributed by atoms with E-state index in [1.807, 2.05) is 35.0 Å². The van der Waals surface area contributed by atoms with Crippen molar-refractivity contribution < 1.29 is 4.74 Å². The fourth-order valence-corrected chi connectivity index (χ4v) is 5.45. The Hall–Kier alpha value is -3.52. The van der Waals surface area contributed by atoms with E-state index >= 15 is 0 Å². The molecule has 2 aromatic heterocycles. The first-order chi connectivity index (χ1) is 17.5. The summed E-state index contributed by atoms with van der Waals surface area (Å²) in [7, 11) is 1.65. The van der Waals surface area contributed by atoms with Crippen molar-refractivity contribution in [2.45, 2.75) is 64.7 Å². The average Bonchev–Trinajstić information content (AvgIpc) is 3.57. The van der Waals surface area contributed by atoms with E-state index in [2.05, 4.69) is 63.5 Å². The molecule has 1 saturated carbocycles. The zero-order valence-electron chi connectivity index (χ0n) is 21.2. The van der Waals surface area contributed by atoms with Crippen LogP contribution in [-0.4, -0.2) is 37.2 Å². The van der Waals surface area contributed by atoms with Crippen LogP contribution in [0.3, 0.4) is 0 Å². The molecule has 4 aromatic rings. The highest BCUT2D eigenvalue weighted by atomic mass is 16.5. The molecule has 0 spiro atoms. The van der Waals surface area contributed by atoms with Gasteiger partial charge in [-0.2, -0.15) is 0 Å². The van der Waals surface area contributed by atoms with Gasteiger partial charge in [0.05, 0.1) is 19.2 Å². The van der Waals surface area contributed by atoms with Crippen LogP contribution in [0, 0.1) is 5.92 Å². The molecule has 1 aliphatic rings. The maximum absolute atomic E-state index is 13.2. The summed E-state index contributed by atoms with van der Waals surface area (Å²) in [6.07, 6.45) is 4.63. The second kappa shape index (κ2) is 10.6. The van der Waals surface area contributed by atoms with Gasteiger partial charge in [0.1, 0.15) is 5.75 Å². The minimum absolute atomic E-state index is 0.0544. The Balaban J connectivity index is 1.56. The van der Waals surface area contributed by atoms with Crippen molar-refractivity contribution in [1.29, 1.82) is 0 Å². The van der Waals surface area contributed by atoms with E-state index in [9.17, 15) is 4.79 Å². The molecule has 36 heavy (non-hydrogen) atoms. The van der Waals surface area contributed by atoms with E-state index in [-0.39, 0.29) is 17.5 Å². The number of fused-ring (bicyclic) bond motifs is 1. The maximum atomic E-state index is 13.2. The minimum Gasteiger partial charge on any atom is -0.497 e. The van der Waals surface area contributed by atoms with Crippen molar-refractivity contribution in [3.63, 3.8) is 0 Å². The number of nitrogens with one attached hydrogen (secondary N) is 1. The summed E-state index contributed by atoms with van der Waals surface area (Å²) < 4.78 is 7.45. The number of hydrogen-bond acceptors (Lipinski definition) is 6. The highest BCUT2D eigenvalue weighted by Crippen LogP contribution is 2.35. The molecule has 8 nitrogen and oxygen atoms in total. The van der Waals surface area contributed by atoms with Gasteiger partial charge < -0.3 is 9.72 Å². The Bertz CT molecular complexity index is 1360. The smallest absolute Gasteiger partial charge is 0.252 e. The van der Waals surface area contributed by atoms with Gasteiger partial charge in [0.25, 0.3) is 5.56 Å². The number of pyridine rings is 1. The van der Waals surface area contributed by atoms with Crippen molar-refractivity contribution in [1.82, 2.24) is 30.1 Å². The number of rotatable bonds is 9. The summed E-state index contributed by atoms with van der Waals surface area (Å²) in [6.45, 7) is 5.55. The van der Waals surface area contributed by atoms with Crippen molar-refractivity contribution in [3.05, 3.63) is 81.9 Å². The summed E-state index contributed by atoms with van der Waals surface area (Å²) in [5, 5.41) is 14.0. The largest absolute Gasteiger partial charge is 0.497 e. The first kappa shape index (κ1) is 24.2. The van der Waals surface area contributed by atoms with E-state index in [4.69, 9.17) is 4.74 Å². The van der Waals surface area contributed by atoms with E-state index in [0.717, 1.165) is 35.3 Å². The first-order valence-corrected chi connectivity index (χ1v) is 12.8. The van der Waals surface area contributed by atoms with Crippen LogP contribution in [0.4, 0.5) is 0 Å². The van der Waals surface area contributed by atoms with Gasteiger partial charge in [-0.1, -0.05) is 57.0 Å². The lowest BCUT2D eigenvalue weighted by molar-refractivity contribution is 0.123. The fourth-order valence-electron chi connectivity index (χ4n) is 5.45. The lowest BCUT2D eigenvalue weighted by Gasteiger charge is -2.34. The van der Waals surface area contributed by atoms with Gasteiger partial charge in [-0.05, 0) is 59.0 Å². The van der Waals surface area contributed by atoms with Crippen molar-refractivity contribution in [2.75, 3.05) is 7.11 Å². The van der Waals surface area contributed by atoms with Gasteiger partial charge in [-0.25, -0.2) is 4.68 Å². The third-order valence-corrected chi connectivity index (χ3v) is 7.21. The van der Waals surface area contributed by atoms with Crippen LogP contribution in [0.2, 0.25) is 0 Å². The van der Waals surface area contributed by atoms with Crippen LogP contribution < -0.4 is 10.3 Å². The summed E-state index contributed by atoms with van der Waals surface area (Å²) in [4.78, 5) is 18.6. The molecule has 2 heterocycles. The van der Waals surface area contributed by atoms with Crippen molar-refractivity contribution in [2.24, 2.45) is 5.92 Å². The van der Waals surface area contributed by atoms with Crippen LogP contribution in [-0.2, 0) is 13.1 Å². The SMILES string of the molecule is COc1ccc2[nH]c(=O)c(CN(Cc3ccccc3)[C@H](c3nnnn3C3CCCC3)C(C)C)cc2c1. The number of benzene rings is 2. The minimum atomic E-state index is -0.0800. The normalized spacial score (nSPS) is 15.2. The molecule has 2 aromatic carbocycles. The van der Waals surface area contributed by atoms with Crippen molar-refractivity contribution >= 4 is 10.9 Å². The molecule has 5 rings (SSSR count). The topological polar surface area (TPSA) is 88.9 Å². The molecule has 0 unspecified atom stereocenters. The number of ether oxygens (including phenoxy) is 1. The molecule has 0 bridgehead atoms. The monoisotopic (exact) mass is 486 g/mol. The highest BCUT2D eigenvalue weighted by molar-refractivity contribution is 5.80. The molecular formula is C28H34N6O2. The molecule has 1 fully saturated rings. The summed E-state index contributed by atoms with van der Waals surface area (Å²) in [5.74, 6) is 1.88. The number of tetrazole rings is 1. The summed E-state index contributed by atoms with van der Waals surface area (Å²) in [6, 6.07) is 18.3. The maximum Gasteiger partial charge on any atom is 0.252 e. The standard InChI is InChI=1S/C28H34N6O2/c1-19(2)26(27-30-31-32-34(27)23-11-7-8-12-23)33(17-20-9-5-4-6-10-20)18-22-15-21-16-24(36-3)13-14-25(21)29-28(22)35/h4-6,9-10,13-16,19,23,26H,7-8,11-12,17-18H2,1-3H3,(H,29,35)/t26-/m0/s1. The third-order valence-electron chi connectivity index (χ3n) is 7.21. The lowest BCUT2D eigenvalue weighted by atomic mass is 9.99. The Labute approximate surface area is 211 Å². The second-order valence-electron chi connectivity index (χ2n) is 10.1. The van der Waals surface area contributed by atoms with Gasteiger partial charge in [0, 0.05) is 29.6 Å². The van der Waals surface area contributed by atoms with E-state index in [0.29, 0.717) is 24.7 Å². The zero-order chi connectivity index (χ0) is 25.1. The summed E-state index contributed by atoms with van der Waals surface area (Å²) >= 11 is 0. The van der Waals surface area contributed by atoms with Gasteiger partial charge >= 0.3 is 0 Å². The Kier molecular flexibility index (Phi) is 7.13. The summed E-state index contributed by atoms with van der Waals surface area (Å²) in [5.41, 5.74) is 2.60. The van der Waals surface area contributed by atoms with Crippen LogP contribution >= 0.6 is 0 Å². The van der Waals surface area contributed by atoms with Gasteiger partial charge in [-0.15, -0.1) is 5.10 Å². The molecular weight excluding hydrogens is 452 g/mol. The van der Waals surface area contributed by atoms with Gasteiger partial charge in [-0.3, -0.25) is 9.69 Å². The number of H-pyrrole nitrogens is 1. The zero-order valence-corrected chi connectivity index (χ0v) is 21.2. The number of aromatic nitrogens is 5. The molecule has 188 valence electrons. The predicted octanol–water partition coefficient (Wildman–Crippen LogP) is 5.04. The predicted molar refractivity (Wildman–Crippen MR) is 140 cm³/mol. The second-order valence-corrected chi connectivity index (χ2v) is 10.1. The Morgan fingerprint density at radius 1 is 1.08 bits per heavy atom. The van der Waals surface area contributed by atoms with Crippen LogP contribution in [0.1, 0.15) is 68.6 Å². The fraction of sp³-hybridized carbons (Fsp3) is 0.429. The number of aromatic amines is 1. The third kappa shape index (κ3) is 5.04. The van der Waals surface area contributed by atoms with E-state index in [1.165, 1.54) is 18.4 Å². The molecule has 0 aliphatic heterocycles. The highest BCUT2D eigenvalue weighted by Gasteiger charge is 2.32. The average molecular weight is 487 g/mol. The lowest BCUT2D eigenvalue weighted by Crippen LogP contribution is -2.35. The van der Waals surface area contributed by atoms with Crippen molar-refractivity contribution in [3.8, 4) is 5.75 Å². The molecule has 0 saturated heterocycles. The Morgan fingerprint density at radius 2 is 1.86 bits per heavy atom.